The Morgan fingerprint density at radius 3 is 2.64 bits per heavy atom. The molecule has 2 amide bonds. The van der Waals surface area contributed by atoms with Crippen molar-refractivity contribution in [2.24, 2.45) is 0 Å². The molecule has 0 aliphatic carbocycles. The summed E-state index contributed by atoms with van der Waals surface area (Å²) in [5, 5.41) is 0.636. The average molecular weight is 413 g/mol. The van der Waals surface area contributed by atoms with Crippen LogP contribution in [0.2, 0.25) is 5.02 Å². The monoisotopic (exact) mass is 412 g/mol. The Bertz CT molecular complexity index is 967. The molecule has 0 unspecified atom stereocenters. The van der Waals surface area contributed by atoms with E-state index in [1.54, 1.807) is 11.9 Å². The number of anilines is 1. The SMILES string of the molecule is CN1C(=O)/C(=C/c2cccc(Cl)c2)Sc2ccc(C(=O)N3CCCCC3)cc21. The van der Waals surface area contributed by atoms with E-state index in [1.165, 1.54) is 18.2 Å². The molecule has 2 heterocycles. The Balaban J connectivity index is 1.62. The van der Waals surface area contributed by atoms with Gasteiger partial charge in [0.1, 0.15) is 0 Å². The molecule has 28 heavy (non-hydrogen) atoms. The van der Waals surface area contributed by atoms with E-state index < -0.39 is 0 Å². The molecule has 2 aliphatic rings. The number of benzene rings is 2. The van der Waals surface area contributed by atoms with Crippen LogP contribution in [0.1, 0.15) is 35.2 Å². The molecule has 4 nitrogen and oxygen atoms in total. The number of carbonyl (C=O) groups is 2. The molecule has 2 aromatic carbocycles. The zero-order chi connectivity index (χ0) is 19.7. The number of amides is 2. The highest BCUT2D eigenvalue weighted by Gasteiger charge is 2.28. The first-order valence-electron chi connectivity index (χ1n) is 9.39. The second-order valence-corrected chi connectivity index (χ2v) is 8.59. The van der Waals surface area contributed by atoms with E-state index in [2.05, 4.69) is 0 Å². The summed E-state index contributed by atoms with van der Waals surface area (Å²) in [6.45, 7) is 1.62. The molecule has 0 aromatic heterocycles. The van der Waals surface area contributed by atoms with Crippen LogP contribution in [0.5, 0.6) is 0 Å². The first-order chi connectivity index (χ1) is 13.5. The Morgan fingerprint density at radius 1 is 1.11 bits per heavy atom. The quantitative estimate of drug-likeness (QED) is 0.646. The third-order valence-corrected chi connectivity index (χ3v) is 6.40. The van der Waals surface area contributed by atoms with Crippen molar-refractivity contribution < 1.29 is 9.59 Å². The zero-order valence-corrected chi connectivity index (χ0v) is 17.2. The molecular weight excluding hydrogens is 392 g/mol. The summed E-state index contributed by atoms with van der Waals surface area (Å²) in [7, 11) is 1.75. The van der Waals surface area contributed by atoms with Crippen molar-refractivity contribution in [1.82, 2.24) is 4.90 Å². The summed E-state index contributed by atoms with van der Waals surface area (Å²) in [4.78, 5) is 30.8. The molecular formula is C22H21ClN2O2S. The highest BCUT2D eigenvalue weighted by Crippen LogP contribution is 2.42. The van der Waals surface area contributed by atoms with Gasteiger partial charge >= 0.3 is 0 Å². The van der Waals surface area contributed by atoms with Crippen LogP contribution in [0.25, 0.3) is 6.08 Å². The number of nitrogens with zero attached hydrogens (tertiary/aromatic N) is 2. The number of piperidine rings is 1. The van der Waals surface area contributed by atoms with E-state index in [1.807, 2.05) is 53.4 Å². The van der Waals surface area contributed by atoms with E-state index in [0.29, 0.717) is 15.5 Å². The lowest BCUT2D eigenvalue weighted by atomic mass is 10.1. The summed E-state index contributed by atoms with van der Waals surface area (Å²) in [6.07, 6.45) is 5.15. The molecule has 1 fully saturated rings. The van der Waals surface area contributed by atoms with Crippen molar-refractivity contribution in [3.8, 4) is 0 Å². The number of likely N-dealkylation sites (N-methyl/N-ethyl adjacent to an activating group) is 1. The number of hydrogen-bond acceptors (Lipinski definition) is 3. The summed E-state index contributed by atoms with van der Waals surface area (Å²) in [5.41, 5.74) is 2.31. The predicted molar refractivity (Wildman–Crippen MR) is 115 cm³/mol. The number of hydrogen-bond donors (Lipinski definition) is 0. The number of thioether (sulfide) groups is 1. The lowest BCUT2D eigenvalue weighted by Crippen LogP contribution is -2.36. The summed E-state index contributed by atoms with van der Waals surface area (Å²) < 4.78 is 0. The van der Waals surface area contributed by atoms with Crippen molar-refractivity contribution in [3.63, 3.8) is 0 Å². The van der Waals surface area contributed by atoms with Gasteiger partial charge in [-0.2, -0.15) is 0 Å². The molecule has 2 aromatic rings. The maximum absolute atomic E-state index is 12.9. The van der Waals surface area contributed by atoms with Crippen LogP contribution >= 0.6 is 23.4 Å². The van der Waals surface area contributed by atoms with Crippen molar-refractivity contribution >= 4 is 46.9 Å². The van der Waals surface area contributed by atoms with E-state index in [4.69, 9.17) is 11.6 Å². The zero-order valence-electron chi connectivity index (χ0n) is 15.7. The van der Waals surface area contributed by atoms with Gasteiger partial charge in [-0.3, -0.25) is 9.59 Å². The van der Waals surface area contributed by atoms with Gasteiger partial charge < -0.3 is 9.80 Å². The molecule has 0 atom stereocenters. The Hall–Kier alpha value is -2.24. The minimum absolute atomic E-state index is 0.0496. The largest absolute Gasteiger partial charge is 0.339 e. The lowest BCUT2D eigenvalue weighted by Gasteiger charge is -2.29. The highest BCUT2D eigenvalue weighted by molar-refractivity contribution is 8.04. The minimum atomic E-state index is -0.0833. The van der Waals surface area contributed by atoms with Crippen LogP contribution in [-0.2, 0) is 4.79 Å². The van der Waals surface area contributed by atoms with Gasteiger partial charge in [-0.15, -0.1) is 0 Å². The molecule has 1 saturated heterocycles. The van der Waals surface area contributed by atoms with Gasteiger partial charge in [0.15, 0.2) is 0 Å². The van der Waals surface area contributed by atoms with Gasteiger partial charge in [0.05, 0.1) is 10.6 Å². The van der Waals surface area contributed by atoms with E-state index in [0.717, 1.165) is 42.1 Å². The van der Waals surface area contributed by atoms with Crippen LogP contribution in [-0.4, -0.2) is 36.9 Å². The fourth-order valence-electron chi connectivity index (χ4n) is 3.55. The van der Waals surface area contributed by atoms with Crippen LogP contribution in [0.4, 0.5) is 5.69 Å². The predicted octanol–water partition coefficient (Wildman–Crippen LogP) is 5.08. The van der Waals surface area contributed by atoms with Crippen molar-refractivity contribution in [2.45, 2.75) is 24.2 Å². The summed E-state index contributed by atoms with van der Waals surface area (Å²) >= 11 is 7.48. The van der Waals surface area contributed by atoms with Crippen LogP contribution in [0, 0.1) is 0 Å². The molecule has 0 saturated carbocycles. The average Bonchev–Trinajstić information content (AvgIpc) is 2.72. The van der Waals surface area contributed by atoms with Crippen LogP contribution in [0.15, 0.2) is 52.3 Å². The number of likely N-dealkylation sites (tertiary alicyclic amines) is 1. The Labute approximate surface area is 174 Å². The molecule has 0 bridgehead atoms. The third kappa shape index (κ3) is 3.82. The van der Waals surface area contributed by atoms with Gasteiger partial charge in [-0.25, -0.2) is 0 Å². The normalized spacial score (nSPS) is 18.4. The number of carbonyl (C=O) groups excluding carboxylic acids is 2. The molecule has 0 spiro atoms. The number of halogens is 1. The minimum Gasteiger partial charge on any atom is -0.339 e. The Kier molecular flexibility index (Phi) is 5.47. The number of fused-ring (bicyclic) bond motifs is 1. The second kappa shape index (κ2) is 8.02. The molecule has 6 heteroatoms. The smallest absolute Gasteiger partial charge is 0.264 e. The topological polar surface area (TPSA) is 40.6 Å². The van der Waals surface area contributed by atoms with E-state index in [9.17, 15) is 9.59 Å². The lowest BCUT2D eigenvalue weighted by molar-refractivity contribution is -0.114. The fourth-order valence-corrected chi connectivity index (χ4v) is 4.85. The van der Waals surface area contributed by atoms with Crippen molar-refractivity contribution in [2.75, 3.05) is 25.0 Å². The highest BCUT2D eigenvalue weighted by atomic mass is 35.5. The third-order valence-electron chi connectivity index (χ3n) is 5.09. The van der Waals surface area contributed by atoms with Crippen LogP contribution in [0.3, 0.4) is 0 Å². The first-order valence-corrected chi connectivity index (χ1v) is 10.6. The molecule has 0 radical (unpaired) electrons. The van der Waals surface area contributed by atoms with Gasteiger partial charge in [-0.05, 0) is 61.2 Å². The maximum atomic E-state index is 12.9. The first kappa shape index (κ1) is 19.1. The Morgan fingerprint density at radius 2 is 1.89 bits per heavy atom. The van der Waals surface area contributed by atoms with E-state index >= 15 is 0 Å². The van der Waals surface area contributed by atoms with Gasteiger partial charge in [0.2, 0.25) is 0 Å². The van der Waals surface area contributed by atoms with E-state index in [-0.39, 0.29) is 11.8 Å². The summed E-state index contributed by atoms with van der Waals surface area (Å²) in [6, 6.07) is 13.1. The van der Waals surface area contributed by atoms with Gasteiger partial charge in [0, 0.05) is 35.6 Å². The maximum Gasteiger partial charge on any atom is 0.264 e. The summed E-state index contributed by atoms with van der Waals surface area (Å²) in [5.74, 6) is -0.0336. The molecule has 144 valence electrons. The fraction of sp³-hybridized carbons (Fsp3) is 0.273. The second-order valence-electron chi connectivity index (χ2n) is 7.07. The molecule has 0 N–H and O–H groups in total. The molecule has 2 aliphatic heterocycles. The molecule has 4 rings (SSSR count). The van der Waals surface area contributed by atoms with Gasteiger partial charge in [0.25, 0.3) is 11.8 Å². The standard InChI is InChI=1S/C22H21ClN2O2S/c1-24-18-14-16(21(26)25-10-3-2-4-11-25)8-9-19(18)28-20(22(24)27)13-15-6-5-7-17(23)12-15/h5-9,12-14H,2-4,10-11H2,1H3/b20-13-. The van der Waals surface area contributed by atoms with Gasteiger partial charge in [-0.1, -0.05) is 35.5 Å². The van der Waals surface area contributed by atoms with Crippen molar-refractivity contribution in [1.29, 1.82) is 0 Å². The van der Waals surface area contributed by atoms with Crippen molar-refractivity contribution in [3.05, 3.63) is 63.5 Å². The number of rotatable bonds is 2. The van der Waals surface area contributed by atoms with Crippen LogP contribution < -0.4 is 4.90 Å².